The second-order valence-corrected chi connectivity index (χ2v) is 4.60. The van der Waals surface area contributed by atoms with Crippen molar-refractivity contribution in [3.05, 3.63) is 0 Å². The van der Waals surface area contributed by atoms with Crippen LogP contribution in [0.4, 0.5) is 0 Å². The molecule has 3 atom stereocenters. The van der Waals surface area contributed by atoms with E-state index in [2.05, 4.69) is 6.92 Å². The summed E-state index contributed by atoms with van der Waals surface area (Å²) in [5, 5.41) is 0. The summed E-state index contributed by atoms with van der Waals surface area (Å²) in [7, 11) is 0. The summed E-state index contributed by atoms with van der Waals surface area (Å²) in [6.45, 7) is 2.16. The van der Waals surface area contributed by atoms with E-state index in [1.807, 2.05) is 0 Å². The highest BCUT2D eigenvalue weighted by Crippen LogP contribution is 2.36. The number of rotatable bonds is 5. The third-order valence-electron chi connectivity index (χ3n) is 3.37. The average molecular weight is 226 g/mol. The fraction of sp³-hybridized carbons (Fsp3) is 0.833. The van der Waals surface area contributed by atoms with Crippen molar-refractivity contribution in [3.63, 3.8) is 0 Å². The number of cyclic esters (lactones) is 1. The van der Waals surface area contributed by atoms with Crippen molar-refractivity contribution in [3.8, 4) is 0 Å². The molecule has 0 aromatic carbocycles. The van der Waals surface area contributed by atoms with Crippen LogP contribution in [0.25, 0.3) is 0 Å². The molecule has 4 nitrogen and oxygen atoms in total. The molecule has 2 saturated heterocycles. The first-order valence-electron chi connectivity index (χ1n) is 6.12. The van der Waals surface area contributed by atoms with Crippen LogP contribution in [-0.4, -0.2) is 24.1 Å². The fourth-order valence-corrected chi connectivity index (χ4v) is 2.47. The molecule has 2 heterocycles. The van der Waals surface area contributed by atoms with Gasteiger partial charge in [0.2, 0.25) is 6.10 Å². The van der Waals surface area contributed by atoms with Crippen LogP contribution in [0, 0.1) is 5.92 Å². The van der Waals surface area contributed by atoms with Gasteiger partial charge in [0.1, 0.15) is 6.10 Å². The highest BCUT2D eigenvalue weighted by atomic mass is 16.6. The minimum atomic E-state index is -0.608. The molecule has 0 bridgehead atoms. The summed E-state index contributed by atoms with van der Waals surface area (Å²) >= 11 is 0. The summed E-state index contributed by atoms with van der Waals surface area (Å²) in [5.41, 5.74) is 0. The fourth-order valence-electron chi connectivity index (χ4n) is 2.47. The quantitative estimate of drug-likeness (QED) is 0.530. The number of ether oxygens (including phenoxy) is 2. The van der Waals surface area contributed by atoms with Crippen LogP contribution in [0.15, 0.2) is 0 Å². The molecule has 2 rings (SSSR count). The highest BCUT2D eigenvalue weighted by molar-refractivity contribution is 5.85. The predicted molar refractivity (Wildman–Crippen MR) is 56.6 cm³/mol. The third-order valence-corrected chi connectivity index (χ3v) is 3.37. The summed E-state index contributed by atoms with van der Waals surface area (Å²) in [4.78, 5) is 22.5. The van der Waals surface area contributed by atoms with Crippen molar-refractivity contribution in [1.82, 2.24) is 0 Å². The van der Waals surface area contributed by atoms with Gasteiger partial charge in [0.25, 0.3) is 0 Å². The van der Waals surface area contributed by atoms with Gasteiger partial charge in [-0.05, 0) is 12.8 Å². The molecule has 0 radical (unpaired) electrons. The average Bonchev–Trinajstić information content (AvgIpc) is 2.75. The minimum Gasteiger partial charge on any atom is -0.459 e. The van der Waals surface area contributed by atoms with Crippen LogP contribution in [0.2, 0.25) is 0 Å². The number of unbranched alkanes of at least 4 members (excludes halogenated alkanes) is 3. The van der Waals surface area contributed by atoms with Gasteiger partial charge in [-0.25, -0.2) is 4.79 Å². The number of carbonyl (C=O) groups excluding carboxylic acids is 2. The topological polar surface area (TPSA) is 52.6 Å². The SMILES string of the molecule is CCCCCC[C@H]1OC(=O)[C@@H]2OC(=O)C[C@H]12. The van der Waals surface area contributed by atoms with Crippen molar-refractivity contribution in [2.24, 2.45) is 5.92 Å². The Labute approximate surface area is 95.3 Å². The lowest BCUT2D eigenvalue weighted by atomic mass is 9.93. The zero-order chi connectivity index (χ0) is 11.5. The van der Waals surface area contributed by atoms with Gasteiger partial charge in [-0.1, -0.05) is 26.2 Å². The van der Waals surface area contributed by atoms with Gasteiger partial charge >= 0.3 is 11.9 Å². The first kappa shape index (κ1) is 11.4. The zero-order valence-corrected chi connectivity index (χ0v) is 9.61. The van der Waals surface area contributed by atoms with Crippen LogP contribution >= 0.6 is 0 Å². The van der Waals surface area contributed by atoms with E-state index in [4.69, 9.17) is 9.47 Å². The maximum Gasteiger partial charge on any atom is 0.348 e. The second-order valence-electron chi connectivity index (χ2n) is 4.60. The predicted octanol–water partition coefficient (Wildman–Crippen LogP) is 1.81. The molecule has 16 heavy (non-hydrogen) atoms. The number of esters is 2. The molecule has 0 aliphatic carbocycles. The first-order chi connectivity index (χ1) is 7.72. The molecule has 0 N–H and O–H groups in total. The summed E-state index contributed by atoms with van der Waals surface area (Å²) < 4.78 is 10.2. The van der Waals surface area contributed by atoms with Crippen LogP contribution in [0.1, 0.15) is 45.4 Å². The molecule has 2 fully saturated rings. The van der Waals surface area contributed by atoms with Gasteiger partial charge in [0.05, 0.1) is 12.3 Å². The van der Waals surface area contributed by atoms with Crippen LogP contribution in [-0.2, 0) is 19.1 Å². The number of fused-ring (bicyclic) bond motifs is 1. The Balaban J connectivity index is 1.82. The van der Waals surface area contributed by atoms with Gasteiger partial charge in [0, 0.05) is 0 Å². The molecule has 0 unspecified atom stereocenters. The Morgan fingerprint density at radius 2 is 2.00 bits per heavy atom. The lowest BCUT2D eigenvalue weighted by Gasteiger charge is -2.13. The van der Waals surface area contributed by atoms with E-state index in [1.54, 1.807) is 0 Å². The Kier molecular flexibility index (Phi) is 3.46. The molecule has 0 aromatic rings. The number of hydrogen-bond donors (Lipinski definition) is 0. The van der Waals surface area contributed by atoms with Crippen molar-refractivity contribution < 1.29 is 19.1 Å². The normalized spacial score (nSPS) is 32.4. The zero-order valence-electron chi connectivity index (χ0n) is 9.61. The molecular weight excluding hydrogens is 208 g/mol. The standard InChI is InChI=1S/C12H18O4/c1-2-3-4-5-6-9-8-7-10(13)16-11(8)12(14)15-9/h8-9,11H,2-7H2,1H3/t8-,9-,11-/m1/s1. The maximum absolute atomic E-state index is 11.4. The Morgan fingerprint density at radius 3 is 2.75 bits per heavy atom. The molecule has 4 heteroatoms. The Bertz CT molecular complexity index is 287. The van der Waals surface area contributed by atoms with E-state index >= 15 is 0 Å². The lowest BCUT2D eigenvalue weighted by Crippen LogP contribution is -2.20. The van der Waals surface area contributed by atoms with E-state index in [0.717, 1.165) is 19.3 Å². The van der Waals surface area contributed by atoms with E-state index in [9.17, 15) is 9.59 Å². The van der Waals surface area contributed by atoms with Gasteiger partial charge in [-0.2, -0.15) is 0 Å². The molecule has 0 aromatic heterocycles. The largest absolute Gasteiger partial charge is 0.459 e. The summed E-state index contributed by atoms with van der Waals surface area (Å²) in [6, 6.07) is 0. The van der Waals surface area contributed by atoms with Crippen LogP contribution < -0.4 is 0 Å². The summed E-state index contributed by atoms with van der Waals surface area (Å²) in [5.74, 6) is -0.636. The van der Waals surface area contributed by atoms with Crippen molar-refractivity contribution in [2.45, 2.75) is 57.7 Å². The number of hydrogen-bond acceptors (Lipinski definition) is 4. The van der Waals surface area contributed by atoms with Gasteiger partial charge < -0.3 is 9.47 Å². The molecule has 90 valence electrons. The van der Waals surface area contributed by atoms with Gasteiger partial charge in [-0.3, -0.25) is 4.79 Å². The van der Waals surface area contributed by atoms with Gasteiger partial charge in [0.15, 0.2) is 0 Å². The second kappa shape index (κ2) is 4.85. The molecule has 0 saturated carbocycles. The molecule has 2 aliphatic rings. The maximum atomic E-state index is 11.4. The molecule has 0 amide bonds. The van der Waals surface area contributed by atoms with Crippen LogP contribution in [0.3, 0.4) is 0 Å². The molecule has 0 spiro atoms. The third kappa shape index (κ3) is 2.20. The van der Waals surface area contributed by atoms with Crippen molar-refractivity contribution in [1.29, 1.82) is 0 Å². The van der Waals surface area contributed by atoms with E-state index < -0.39 is 6.10 Å². The lowest BCUT2D eigenvalue weighted by molar-refractivity contribution is -0.158. The van der Waals surface area contributed by atoms with E-state index in [0.29, 0.717) is 6.42 Å². The van der Waals surface area contributed by atoms with Crippen molar-refractivity contribution >= 4 is 11.9 Å². The molecule has 2 aliphatic heterocycles. The minimum absolute atomic E-state index is 0.0263. The summed E-state index contributed by atoms with van der Waals surface area (Å²) in [6.07, 6.45) is 5.13. The smallest absolute Gasteiger partial charge is 0.348 e. The van der Waals surface area contributed by atoms with E-state index in [-0.39, 0.29) is 24.0 Å². The monoisotopic (exact) mass is 226 g/mol. The van der Waals surface area contributed by atoms with Crippen LogP contribution in [0.5, 0.6) is 0 Å². The number of carbonyl (C=O) groups is 2. The Hall–Kier alpha value is -1.06. The highest BCUT2D eigenvalue weighted by Gasteiger charge is 2.52. The van der Waals surface area contributed by atoms with Crippen molar-refractivity contribution in [2.75, 3.05) is 0 Å². The van der Waals surface area contributed by atoms with E-state index in [1.165, 1.54) is 12.8 Å². The first-order valence-corrected chi connectivity index (χ1v) is 6.12. The molecular formula is C12H18O4. The Morgan fingerprint density at radius 1 is 1.19 bits per heavy atom. The van der Waals surface area contributed by atoms with Gasteiger partial charge in [-0.15, -0.1) is 0 Å².